The molecule has 0 aliphatic heterocycles. The van der Waals surface area contributed by atoms with Crippen molar-refractivity contribution < 1.29 is 14.3 Å². The molecule has 4 aromatic rings. The van der Waals surface area contributed by atoms with Crippen LogP contribution in [0.4, 0.5) is 0 Å². The second kappa shape index (κ2) is 12.5. The summed E-state index contributed by atoms with van der Waals surface area (Å²) in [6, 6.07) is 38.6. The average molecular weight is 608 g/mol. The monoisotopic (exact) mass is 607 g/mol. The maximum Gasteiger partial charge on any atom is 0.344 e. The number of rotatable bonds is 10. The van der Waals surface area contributed by atoms with E-state index >= 15 is 0 Å². The van der Waals surface area contributed by atoms with Gasteiger partial charge in [-0.05, 0) is 129 Å². The van der Waals surface area contributed by atoms with E-state index in [-0.39, 0.29) is 29.1 Å². The summed E-state index contributed by atoms with van der Waals surface area (Å²) in [5, 5.41) is 0. The number of hydrogen-bond acceptors (Lipinski definition) is 4. The van der Waals surface area contributed by atoms with Crippen molar-refractivity contribution in [2.75, 3.05) is 6.61 Å². The molecule has 0 amide bonds. The van der Waals surface area contributed by atoms with E-state index in [1.54, 1.807) is 0 Å². The Bertz CT molecular complexity index is 1450. The predicted octanol–water partition coefficient (Wildman–Crippen LogP) is 9.21. The van der Waals surface area contributed by atoms with E-state index in [9.17, 15) is 4.79 Å². The zero-order chi connectivity index (χ0) is 29.2. The van der Waals surface area contributed by atoms with Crippen LogP contribution in [0.2, 0.25) is 0 Å². The largest absolute Gasteiger partial charge is 0.482 e. The number of carbonyl (C=O) groups is 1. The molecule has 0 N–H and O–H groups in total. The van der Waals surface area contributed by atoms with Gasteiger partial charge in [0.2, 0.25) is 0 Å². The molecule has 5 heteroatoms. The Morgan fingerprint density at radius 2 is 1.26 bits per heavy atom. The Morgan fingerprint density at radius 1 is 0.721 bits per heavy atom. The van der Waals surface area contributed by atoms with Crippen LogP contribution in [0.5, 0.6) is 5.75 Å². The van der Waals surface area contributed by atoms with Crippen molar-refractivity contribution in [3.8, 4) is 5.75 Å². The van der Waals surface area contributed by atoms with Crippen molar-refractivity contribution in [3.63, 3.8) is 0 Å². The van der Waals surface area contributed by atoms with Gasteiger partial charge in [0.05, 0.1) is 10.9 Å². The molecule has 0 aromatic heterocycles. The lowest BCUT2D eigenvalue weighted by Crippen LogP contribution is -2.58. The highest BCUT2D eigenvalue weighted by Gasteiger charge is 2.57. The van der Waals surface area contributed by atoms with Crippen molar-refractivity contribution in [1.29, 1.82) is 0 Å². The van der Waals surface area contributed by atoms with E-state index in [0.717, 1.165) is 17.6 Å². The first-order valence-electron chi connectivity index (χ1n) is 15.5. The molecule has 0 atom stereocenters. The lowest BCUT2D eigenvalue weighted by atomic mass is 9.50. The zero-order valence-electron chi connectivity index (χ0n) is 24.7. The number of carbonyl (C=O) groups excluding carboxylic acids is 1. The molecule has 8 rings (SSSR count). The van der Waals surface area contributed by atoms with E-state index in [0.29, 0.717) is 17.6 Å². The summed E-state index contributed by atoms with van der Waals surface area (Å²) in [5.41, 5.74) is 0.913. The van der Waals surface area contributed by atoms with Crippen molar-refractivity contribution in [2.24, 2.45) is 23.7 Å². The van der Waals surface area contributed by atoms with Gasteiger partial charge in [-0.25, -0.2) is 4.79 Å². The van der Waals surface area contributed by atoms with Crippen molar-refractivity contribution in [1.82, 2.24) is 0 Å². The molecule has 4 aliphatic carbocycles. The highest BCUT2D eigenvalue weighted by Crippen LogP contribution is 2.59. The van der Waals surface area contributed by atoms with E-state index < -0.39 is 0 Å². The van der Waals surface area contributed by atoms with Crippen LogP contribution in [-0.2, 0) is 26.2 Å². The Labute approximate surface area is 262 Å². The van der Waals surface area contributed by atoms with Crippen LogP contribution in [-0.4, -0.2) is 18.2 Å². The molecule has 0 radical (unpaired) electrons. The molecule has 0 spiro atoms. The molecule has 0 heterocycles. The minimum absolute atomic E-state index is 0.0318. The van der Waals surface area contributed by atoms with E-state index in [1.807, 2.05) is 23.9 Å². The number of hydrogen-bond donors (Lipinski definition) is 0. The fourth-order valence-corrected chi connectivity index (χ4v) is 10.7. The predicted molar refractivity (Wildman–Crippen MR) is 175 cm³/mol. The smallest absolute Gasteiger partial charge is 0.344 e. The van der Waals surface area contributed by atoms with Gasteiger partial charge in [0.1, 0.15) is 11.4 Å². The summed E-state index contributed by atoms with van der Waals surface area (Å²) in [6.07, 6.45) is 6.30. The van der Waals surface area contributed by atoms with E-state index in [4.69, 9.17) is 9.47 Å². The Hall–Kier alpha value is -3.15. The first-order valence-corrected chi connectivity index (χ1v) is 17.8. The average Bonchev–Trinajstić information content (AvgIpc) is 3.04. The fourth-order valence-electron chi connectivity index (χ4n) is 7.75. The van der Waals surface area contributed by atoms with Gasteiger partial charge in [-0.1, -0.05) is 48.5 Å². The van der Waals surface area contributed by atoms with Gasteiger partial charge in [0.25, 0.3) is 0 Å². The SMILES string of the molecule is CC1(OC(=O)COc2ccc(CSc3ccc([S+](c4ccccc4)c4ccccc4)cc3)cc2)C2CC3CC(C2)CC1C3. The molecular formula is C38H39O3S2+. The second-order valence-corrected chi connectivity index (χ2v) is 15.7. The maximum atomic E-state index is 12.8. The van der Waals surface area contributed by atoms with E-state index in [1.165, 1.54) is 57.2 Å². The zero-order valence-corrected chi connectivity index (χ0v) is 26.3. The highest BCUT2D eigenvalue weighted by molar-refractivity contribution is 7.98. The summed E-state index contributed by atoms with van der Waals surface area (Å²) < 4.78 is 12.0. The molecule has 4 saturated carbocycles. The fraction of sp³-hybridized carbons (Fsp3) is 0.342. The molecule has 4 fully saturated rings. The normalized spacial score (nSPS) is 25.5. The summed E-state index contributed by atoms with van der Waals surface area (Å²) in [5.74, 6) is 4.10. The van der Waals surface area contributed by atoms with Crippen LogP contribution in [0.1, 0.15) is 44.6 Å². The summed E-state index contributed by atoms with van der Waals surface area (Å²) in [7, 11) is -0.133. The minimum atomic E-state index is -0.308. The summed E-state index contributed by atoms with van der Waals surface area (Å²) in [6.45, 7) is 2.15. The van der Waals surface area contributed by atoms with Crippen LogP contribution < -0.4 is 4.74 Å². The highest BCUT2D eigenvalue weighted by atomic mass is 32.2. The molecule has 0 unspecified atom stereocenters. The standard InChI is InChI=1S/C38H39O3S2/c1-38(30-21-28-20-29(23-30)24-31(38)22-28)41-37(39)25-40-32-14-12-27(13-15-32)26-42-33-16-18-36(19-17-33)43(34-8-4-2-5-9-34)35-10-6-3-7-11-35/h2-19,28-31H,20-26H2,1H3/q+1. The Kier molecular flexibility index (Phi) is 8.29. The minimum Gasteiger partial charge on any atom is -0.482 e. The van der Waals surface area contributed by atoms with Gasteiger partial charge in [-0.2, -0.15) is 0 Å². The summed E-state index contributed by atoms with van der Waals surface area (Å²) >= 11 is 1.83. The molecule has 4 aliphatic rings. The quantitative estimate of drug-likeness (QED) is 0.102. The van der Waals surface area contributed by atoms with Crippen LogP contribution in [0, 0.1) is 23.7 Å². The van der Waals surface area contributed by atoms with E-state index in [2.05, 4.69) is 104 Å². The Morgan fingerprint density at radius 3 is 1.81 bits per heavy atom. The third kappa shape index (κ3) is 6.25. The number of ether oxygens (including phenoxy) is 2. The van der Waals surface area contributed by atoms with Gasteiger partial charge in [-0.3, -0.25) is 0 Å². The lowest BCUT2D eigenvalue weighted by molar-refractivity contribution is -0.204. The number of esters is 1. The van der Waals surface area contributed by atoms with Gasteiger partial charge in [-0.15, -0.1) is 11.8 Å². The third-order valence-electron chi connectivity index (χ3n) is 9.80. The van der Waals surface area contributed by atoms with Crippen LogP contribution >= 0.6 is 11.8 Å². The Balaban J connectivity index is 0.920. The molecule has 43 heavy (non-hydrogen) atoms. The maximum absolute atomic E-state index is 12.8. The van der Waals surface area contributed by atoms with Gasteiger partial charge in [0, 0.05) is 10.6 Å². The van der Waals surface area contributed by atoms with Gasteiger partial charge >= 0.3 is 5.97 Å². The molecule has 3 nitrogen and oxygen atoms in total. The van der Waals surface area contributed by atoms with Crippen molar-refractivity contribution in [2.45, 2.75) is 70.0 Å². The third-order valence-corrected chi connectivity index (χ3v) is 13.1. The summed E-state index contributed by atoms with van der Waals surface area (Å²) in [4.78, 5) is 18.0. The molecule has 220 valence electrons. The lowest BCUT2D eigenvalue weighted by Gasteiger charge is -2.59. The topological polar surface area (TPSA) is 35.5 Å². The molecular weight excluding hydrogens is 569 g/mol. The van der Waals surface area contributed by atoms with Crippen molar-refractivity contribution in [3.05, 3.63) is 115 Å². The van der Waals surface area contributed by atoms with Crippen LogP contribution in [0.25, 0.3) is 0 Å². The molecule has 0 saturated heterocycles. The first kappa shape index (κ1) is 28.6. The second-order valence-electron chi connectivity index (χ2n) is 12.6. The number of benzene rings is 4. The first-order chi connectivity index (χ1) is 21.0. The van der Waals surface area contributed by atoms with Crippen LogP contribution in [0.3, 0.4) is 0 Å². The number of thioether (sulfide) groups is 1. The van der Waals surface area contributed by atoms with Crippen molar-refractivity contribution >= 4 is 28.6 Å². The molecule has 4 bridgehead atoms. The molecule has 4 aromatic carbocycles. The van der Waals surface area contributed by atoms with Crippen LogP contribution in [0.15, 0.2) is 129 Å². The van der Waals surface area contributed by atoms with Gasteiger partial charge in [0.15, 0.2) is 21.3 Å². The van der Waals surface area contributed by atoms with Gasteiger partial charge < -0.3 is 9.47 Å².